The summed E-state index contributed by atoms with van der Waals surface area (Å²) in [5, 5.41) is 9.02. The number of hydrogen-bond acceptors (Lipinski definition) is 3. The van der Waals surface area contributed by atoms with Gasteiger partial charge in [-0.25, -0.2) is 9.18 Å². The molecule has 5 nitrogen and oxygen atoms in total. The number of para-hydroxylation sites is 2. The number of anilines is 1. The average molecular weight is 389 g/mol. The zero-order valence-corrected chi connectivity index (χ0v) is 15.2. The van der Waals surface area contributed by atoms with Gasteiger partial charge in [0.1, 0.15) is 5.82 Å². The highest BCUT2D eigenvalue weighted by molar-refractivity contribution is 6.09. The van der Waals surface area contributed by atoms with Crippen molar-refractivity contribution >= 4 is 23.6 Å². The number of carboxylic acids is 1. The Kier molecular flexibility index (Phi) is 4.83. The first-order chi connectivity index (χ1) is 14.0. The Bertz CT molecular complexity index is 1120. The van der Waals surface area contributed by atoms with E-state index < -0.39 is 5.97 Å². The molecule has 0 saturated heterocycles. The predicted molar refractivity (Wildman–Crippen MR) is 106 cm³/mol. The lowest BCUT2D eigenvalue weighted by Gasteiger charge is -2.30. The minimum absolute atomic E-state index is 0.100. The summed E-state index contributed by atoms with van der Waals surface area (Å²) < 4.78 is 19.4. The number of ether oxygens (including phenoxy) is 1. The second-order valence-electron chi connectivity index (χ2n) is 6.53. The van der Waals surface area contributed by atoms with Gasteiger partial charge in [0.05, 0.1) is 17.8 Å². The number of carboxylic acid groups (broad SMARTS) is 1. The molecule has 3 aromatic rings. The minimum atomic E-state index is -1.02. The first-order valence-corrected chi connectivity index (χ1v) is 8.89. The fourth-order valence-electron chi connectivity index (χ4n) is 3.11. The molecule has 1 heterocycles. The molecular formula is C23H16FNO4. The van der Waals surface area contributed by atoms with E-state index in [0.717, 1.165) is 0 Å². The minimum Gasteiger partial charge on any atom is -0.478 e. The summed E-state index contributed by atoms with van der Waals surface area (Å²) in [5.41, 5.74) is 2.03. The highest BCUT2D eigenvalue weighted by Gasteiger charge is 2.30. The number of carbonyl (C=O) groups is 2. The summed E-state index contributed by atoms with van der Waals surface area (Å²) in [6.07, 6.45) is 1.56. The molecule has 0 radical (unpaired) electrons. The van der Waals surface area contributed by atoms with E-state index >= 15 is 0 Å². The molecule has 0 bridgehead atoms. The molecule has 0 saturated carbocycles. The molecule has 0 atom stereocenters. The Balaban J connectivity index is 1.70. The monoisotopic (exact) mass is 389 g/mol. The van der Waals surface area contributed by atoms with Crippen molar-refractivity contribution in [3.8, 4) is 5.75 Å². The van der Waals surface area contributed by atoms with Gasteiger partial charge >= 0.3 is 5.97 Å². The molecule has 0 aromatic heterocycles. The molecule has 3 aromatic carbocycles. The van der Waals surface area contributed by atoms with Crippen molar-refractivity contribution in [3.05, 3.63) is 101 Å². The van der Waals surface area contributed by atoms with Crippen molar-refractivity contribution < 1.29 is 23.8 Å². The average Bonchev–Trinajstić information content (AvgIpc) is 2.71. The SMILES string of the molecule is O=C(O)c1ccc(/C=C2/Oc3ccccc3N(Cc3cccc(F)c3)C2=O)cc1. The molecule has 4 rings (SSSR count). The van der Waals surface area contributed by atoms with Crippen LogP contribution in [0, 0.1) is 5.82 Å². The second-order valence-corrected chi connectivity index (χ2v) is 6.53. The summed E-state index contributed by atoms with van der Waals surface area (Å²) in [4.78, 5) is 25.6. The van der Waals surface area contributed by atoms with E-state index in [9.17, 15) is 14.0 Å². The van der Waals surface area contributed by atoms with Gasteiger partial charge in [0, 0.05) is 0 Å². The van der Waals surface area contributed by atoms with Gasteiger partial charge in [-0.2, -0.15) is 0 Å². The van der Waals surface area contributed by atoms with Gasteiger partial charge in [-0.05, 0) is 53.6 Å². The smallest absolute Gasteiger partial charge is 0.335 e. The number of hydrogen-bond donors (Lipinski definition) is 1. The Labute approximate surface area is 166 Å². The van der Waals surface area contributed by atoms with Crippen LogP contribution in [0.3, 0.4) is 0 Å². The van der Waals surface area contributed by atoms with Crippen LogP contribution in [0.25, 0.3) is 6.08 Å². The van der Waals surface area contributed by atoms with Crippen LogP contribution in [0.4, 0.5) is 10.1 Å². The number of fused-ring (bicyclic) bond motifs is 1. The van der Waals surface area contributed by atoms with Gasteiger partial charge in [0.15, 0.2) is 11.5 Å². The van der Waals surface area contributed by atoms with Crippen LogP contribution in [0.2, 0.25) is 0 Å². The van der Waals surface area contributed by atoms with E-state index in [1.807, 2.05) is 0 Å². The zero-order valence-electron chi connectivity index (χ0n) is 15.2. The van der Waals surface area contributed by atoms with Crippen LogP contribution in [-0.2, 0) is 11.3 Å². The lowest BCUT2D eigenvalue weighted by molar-refractivity contribution is -0.117. The Morgan fingerprint density at radius 3 is 2.52 bits per heavy atom. The molecule has 29 heavy (non-hydrogen) atoms. The number of halogens is 1. The first kappa shape index (κ1) is 18.4. The van der Waals surface area contributed by atoms with E-state index in [1.165, 1.54) is 29.2 Å². The van der Waals surface area contributed by atoms with Crippen molar-refractivity contribution in [1.29, 1.82) is 0 Å². The maximum absolute atomic E-state index is 13.6. The Hall–Kier alpha value is -3.93. The molecule has 0 fully saturated rings. The molecule has 1 aliphatic rings. The standard InChI is InChI=1S/C23H16FNO4/c24-18-5-3-4-16(12-18)14-25-19-6-1-2-7-20(19)29-21(22(25)26)13-15-8-10-17(11-9-15)23(27)28/h1-13H,14H2,(H,27,28)/b21-13+. The van der Waals surface area contributed by atoms with Crippen molar-refractivity contribution in [2.24, 2.45) is 0 Å². The van der Waals surface area contributed by atoms with Crippen molar-refractivity contribution in [1.82, 2.24) is 0 Å². The van der Waals surface area contributed by atoms with Crippen molar-refractivity contribution in [3.63, 3.8) is 0 Å². The Morgan fingerprint density at radius 2 is 1.79 bits per heavy atom. The van der Waals surface area contributed by atoms with E-state index in [2.05, 4.69) is 0 Å². The molecule has 1 N–H and O–H groups in total. The van der Waals surface area contributed by atoms with Gasteiger partial charge in [0.2, 0.25) is 0 Å². The van der Waals surface area contributed by atoms with E-state index in [0.29, 0.717) is 22.6 Å². The maximum Gasteiger partial charge on any atom is 0.335 e. The van der Waals surface area contributed by atoms with Crippen molar-refractivity contribution in [2.45, 2.75) is 6.54 Å². The molecule has 144 valence electrons. The zero-order chi connectivity index (χ0) is 20.4. The van der Waals surface area contributed by atoms with Crippen LogP contribution < -0.4 is 9.64 Å². The largest absolute Gasteiger partial charge is 0.478 e. The number of benzene rings is 3. The normalized spacial score (nSPS) is 14.4. The summed E-state index contributed by atoms with van der Waals surface area (Å²) in [7, 11) is 0. The third kappa shape index (κ3) is 3.87. The molecule has 0 aliphatic carbocycles. The van der Waals surface area contributed by atoms with E-state index in [1.54, 1.807) is 54.6 Å². The molecule has 0 spiro atoms. The number of amides is 1. The van der Waals surface area contributed by atoms with Gasteiger partial charge in [-0.15, -0.1) is 0 Å². The summed E-state index contributed by atoms with van der Waals surface area (Å²) in [5.74, 6) is -1.15. The van der Waals surface area contributed by atoms with Gasteiger partial charge in [-0.3, -0.25) is 9.69 Å². The van der Waals surface area contributed by atoms with Crippen LogP contribution in [0.5, 0.6) is 5.75 Å². The topological polar surface area (TPSA) is 66.8 Å². The summed E-state index contributed by atoms with van der Waals surface area (Å²) in [6, 6.07) is 19.3. The Morgan fingerprint density at radius 1 is 1.03 bits per heavy atom. The quantitative estimate of drug-likeness (QED) is 0.668. The lowest BCUT2D eigenvalue weighted by atomic mass is 10.1. The number of nitrogens with zero attached hydrogens (tertiary/aromatic N) is 1. The van der Waals surface area contributed by atoms with Gasteiger partial charge < -0.3 is 9.84 Å². The first-order valence-electron chi connectivity index (χ1n) is 8.89. The summed E-state index contributed by atoms with van der Waals surface area (Å²) in [6.45, 7) is 0.187. The molecule has 1 aliphatic heterocycles. The van der Waals surface area contributed by atoms with Gasteiger partial charge in [0.25, 0.3) is 5.91 Å². The van der Waals surface area contributed by atoms with E-state index in [4.69, 9.17) is 9.84 Å². The second kappa shape index (κ2) is 7.59. The fourth-order valence-corrected chi connectivity index (χ4v) is 3.11. The van der Waals surface area contributed by atoms with Crippen LogP contribution >= 0.6 is 0 Å². The third-order valence-corrected chi connectivity index (χ3v) is 4.52. The number of aromatic carboxylic acids is 1. The van der Waals surface area contributed by atoms with E-state index in [-0.39, 0.29) is 29.6 Å². The highest BCUT2D eigenvalue weighted by Crippen LogP contribution is 2.36. The molecule has 0 unspecified atom stereocenters. The molecule has 6 heteroatoms. The summed E-state index contributed by atoms with van der Waals surface area (Å²) >= 11 is 0. The van der Waals surface area contributed by atoms with Gasteiger partial charge in [-0.1, -0.05) is 36.4 Å². The maximum atomic E-state index is 13.6. The molecular weight excluding hydrogens is 373 g/mol. The number of carbonyl (C=O) groups excluding carboxylic acids is 1. The van der Waals surface area contributed by atoms with Crippen LogP contribution in [0.1, 0.15) is 21.5 Å². The third-order valence-electron chi connectivity index (χ3n) is 4.52. The van der Waals surface area contributed by atoms with Crippen LogP contribution in [0.15, 0.2) is 78.6 Å². The number of rotatable bonds is 4. The molecule has 1 amide bonds. The lowest BCUT2D eigenvalue weighted by Crippen LogP contribution is -2.36. The predicted octanol–water partition coefficient (Wildman–Crippen LogP) is 4.49. The van der Waals surface area contributed by atoms with Crippen LogP contribution in [-0.4, -0.2) is 17.0 Å². The fraction of sp³-hybridized carbons (Fsp3) is 0.0435. The van der Waals surface area contributed by atoms with Crippen molar-refractivity contribution in [2.75, 3.05) is 4.90 Å². The highest BCUT2D eigenvalue weighted by atomic mass is 19.1.